The van der Waals surface area contributed by atoms with E-state index in [1.807, 2.05) is 67.7 Å². The Morgan fingerprint density at radius 1 is 1.11 bits per heavy atom. The molecule has 0 aliphatic heterocycles. The van der Waals surface area contributed by atoms with Gasteiger partial charge in [-0.15, -0.1) is 0 Å². The van der Waals surface area contributed by atoms with Crippen molar-refractivity contribution in [1.29, 1.82) is 0 Å². The molecule has 1 N–H and O–H groups in total. The molecule has 0 fully saturated rings. The molecule has 140 valence electrons. The van der Waals surface area contributed by atoms with E-state index in [9.17, 15) is 4.79 Å². The summed E-state index contributed by atoms with van der Waals surface area (Å²) in [6, 6.07) is 17.4. The first kappa shape index (κ1) is 17.7. The molecule has 4 rings (SSSR count). The topological polar surface area (TPSA) is 69.0 Å². The van der Waals surface area contributed by atoms with Gasteiger partial charge in [0.15, 0.2) is 5.82 Å². The molecule has 0 unspecified atom stereocenters. The molecule has 0 spiro atoms. The predicted molar refractivity (Wildman–Crippen MR) is 109 cm³/mol. The van der Waals surface area contributed by atoms with E-state index in [0.29, 0.717) is 11.5 Å². The third-order valence-electron chi connectivity index (χ3n) is 4.72. The average molecular weight is 372 g/mol. The number of ether oxygens (including phenoxy) is 1. The Balaban J connectivity index is 1.49. The molecule has 0 aliphatic rings. The second-order valence-electron chi connectivity index (χ2n) is 6.54. The summed E-state index contributed by atoms with van der Waals surface area (Å²) in [6.45, 7) is 1.89. The van der Waals surface area contributed by atoms with Crippen molar-refractivity contribution in [3.63, 3.8) is 0 Å². The van der Waals surface area contributed by atoms with Crippen LogP contribution < -0.4 is 10.1 Å². The van der Waals surface area contributed by atoms with Gasteiger partial charge >= 0.3 is 0 Å². The fourth-order valence-electron chi connectivity index (χ4n) is 3.04. The Hall–Kier alpha value is -3.67. The average Bonchev–Trinajstić information content (AvgIpc) is 3.28. The smallest absolute Gasteiger partial charge is 0.231 e. The third kappa shape index (κ3) is 3.57. The summed E-state index contributed by atoms with van der Waals surface area (Å²) in [5.74, 6) is 1.14. The van der Waals surface area contributed by atoms with Crippen LogP contribution in [0, 0.1) is 0 Å². The van der Waals surface area contributed by atoms with Crippen LogP contribution in [0.25, 0.3) is 16.6 Å². The monoisotopic (exact) mass is 372 g/mol. The first-order valence-corrected chi connectivity index (χ1v) is 8.99. The zero-order valence-electron chi connectivity index (χ0n) is 15.7. The molecule has 6 heteroatoms. The van der Waals surface area contributed by atoms with Gasteiger partial charge in [-0.1, -0.05) is 24.3 Å². The molecular formula is C22H20N4O2. The molecule has 0 radical (unpaired) electrons. The van der Waals surface area contributed by atoms with Gasteiger partial charge in [-0.05, 0) is 53.6 Å². The summed E-state index contributed by atoms with van der Waals surface area (Å²) >= 11 is 0. The van der Waals surface area contributed by atoms with Gasteiger partial charge in [0.2, 0.25) is 5.91 Å². The molecule has 0 saturated carbocycles. The highest BCUT2D eigenvalue weighted by atomic mass is 16.5. The van der Waals surface area contributed by atoms with E-state index < -0.39 is 0 Å². The number of nitrogens with zero attached hydrogens (tertiary/aromatic N) is 3. The molecular weight excluding hydrogens is 352 g/mol. The van der Waals surface area contributed by atoms with Crippen molar-refractivity contribution in [2.24, 2.45) is 0 Å². The zero-order chi connectivity index (χ0) is 19.5. The Morgan fingerprint density at radius 3 is 2.64 bits per heavy atom. The second-order valence-corrected chi connectivity index (χ2v) is 6.54. The number of anilines is 1. The van der Waals surface area contributed by atoms with E-state index in [1.165, 1.54) is 0 Å². The molecule has 1 amide bonds. The van der Waals surface area contributed by atoms with E-state index in [2.05, 4.69) is 15.4 Å². The van der Waals surface area contributed by atoms with Gasteiger partial charge in [0.25, 0.3) is 0 Å². The minimum Gasteiger partial charge on any atom is -0.497 e. The largest absolute Gasteiger partial charge is 0.497 e. The van der Waals surface area contributed by atoms with Crippen molar-refractivity contribution in [3.8, 4) is 11.6 Å². The highest BCUT2D eigenvalue weighted by Crippen LogP contribution is 2.26. The Labute approximate surface area is 162 Å². The van der Waals surface area contributed by atoms with Crippen LogP contribution in [0.3, 0.4) is 0 Å². The van der Waals surface area contributed by atoms with Gasteiger partial charge in [0.05, 0.1) is 24.9 Å². The van der Waals surface area contributed by atoms with Crippen molar-refractivity contribution in [2.45, 2.75) is 12.8 Å². The number of aromatic nitrogens is 3. The second kappa shape index (κ2) is 7.52. The van der Waals surface area contributed by atoms with E-state index in [-0.39, 0.29) is 11.8 Å². The molecule has 2 heterocycles. The van der Waals surface area contributed by atoms with E-state index >= 15 is 0 Å². The first-order chi connectivity index (χ1) is 13.6. The number of benzene rings is 2. The van der Waals surface area contributed by atoms with Gasteiger partial charge < -0.3 is 10.1 Å². The minimum atomic E-state index is -0.294. The lowest BCUT2D eigenvalue weighted by atomic mass is 9.97. The van der Waals surface area contributed by atoms with Crippen LogP contribution in [-0.2, 0) is 4.79 Å². The fourth-order valence-corrected chi connectivity index (χ4v) is 3.04. The van der Waals surface area contributed by atoms with Gasteiger partial charge in [-0.25, -0.2) is 9.67 Å². The number of amides is 1. The van der Waals surface area contributed by atoms with Crippen LogP contribution in [0.15, 0.2) is 73.2 Å². The van der Waals surface area contributed by atoms with Crippen LogP contribution in [0.4, 0.5) is 5.69 Å². The molecule has 4 aromatic rings. The Kier molecular flexibility index (Phi) is 4.76. The third-order valence-corrected chi connectivity index (χ3v) is 4.72. The molecule has 0 bridgehead atoms. The standard InChI is InChI=1S/C22H20N4O2/c1-15(16-4-5-18-13-20(28-2)8-6-17(18)12-16)22(27)25-19-7-9-21(23-14-19)26-11-3-10-24-26/h3-15H,1-2H3,(H,25,27)/t15-/m0/s1. The van der Waals surface area contributed by atoms with Crippen LogP contribution in [-0.4, -0.2) is 27.8 Å². The summed E-state index contributed by atoms with van der Waals surface area (Å²) in [6.07, 6.45) is 5.14. The number of hydrogen-bond donors (Lipinski definition) is 1. The van der Waals surface area contributed by atoms with Gasteiger partial charge in [-0.3, -0.25) is 4.79 Å². The lowest BCUT2D eigenvalue weighted by molar-refractivity contribution is -0.117. The summed E-state index contributed by atoms with van der Waals surface area (Å²) < 4.78 is 6.93. The number of nitrogens with one attached hydrogen (secondary N) is 1. The lowest BCUT2D eigenvalue weighted by Gasteiger charge is -2.14. The van der Waals surface area contributed by atoms with Crippen LogP contribution in [0.2, 0.25) is 0 Å². The number of pyridine rings is 1. The maximum Gasteiger partial charge on any atom is 0.231 e. The molecule has 28 heavy (non-hydrogen) atoms. The summed E-state index contributed by atoms with van der Waals surface area (Å²) in [7, 11) is 1.65. The highest BCUT2D eigenvalue weighted by Gasteiger charge is 2.16. The number of carbonyl (C=O) groups excluding carboxylic acids is 1. The maximum absolute atomic E-state index is 12.7. The van der Waals surface area contributed by atoms with Crippen molar-refractivity contribution in [1.82, 2.24) is 14.8 Å². The number of hydrogen-bond acceptors (Lipinski definition) is 4. The van der Waals surface area contributed by atoms with Crippen molar-refractivity contribution in [2.75, 3.05) is 12.4 Å². The molecule has 2 aromatic carbocycles. The molecule has 6 nitrogen and oxygen atoms in total. The quantitative estimate of drug-likeness (QED) is 0.571. The van der Waals surface area contributed by atoms with Crippen molar-refractivity contribution in [3.05, 3.63) is 78.8 Å². The summed E-state index contributed by atoms with van der Waals surface area (Å²) in [5.41, 5.74) is 1.61. The van der Waals surface area contributed by atoms with Crippen LogP contribution >= 0.6 is 0 Å². The van der Waals surface area contributed by atoms with E-state index in [0.717, 1.165) is 22.1 Å². The van der Waals surface area contributed by atoms with E-state index in [4.69, 9.17) is 4.74 Å². The number of rotatable bonds is 5. The zero-order valence-corrected chi connectivity index (χ0v) is 15.7. The Bertz CT molecular complexity index is 1110. The molecule has 0 saturated heterocycles. The Morgan fingerprint density at radius 2 is 1.93 bits per heavy atom. The van der Waals surface area contributed by atoms with Crippen molar-refractivity contribution >= 4 is 22.4 Å². The lowest BCUT2D eigenvalue weighted by Crippen LogP contribution is -2.19. The fraction of sp³-hybridized carbons (Fsp3) is 0.136. The summed E-state index contributed by atoms with van der Waals surface area (Å²) in [4.78, 5) is 17.0. The van der Waals surface area contributed by atoms with Gasteiger partial charge in [-0.2, -0.15) is 5.10 Å². The summed E-state index contributed by atoms with van der Waals surface area (Å²) in [5, 5.41) is 9.22. The highest BCUT2D eigenvalue weighted by molar-refractivity contribution is 5.96. The van der Waals surface area contributed by atoms with Crippen LogP contribution in [0.5, 0.6) is 5.75 Å². The molecule has 0 aliphatic carbocycles. The van der Waals surface area contributed by atoms with Gasteiger partial charge in [0, 0.05) is 12.4 Å². The minimum absolute atomic E-state index is 0.0819. The van der Waals surface area contributed by atoms with E-state index in [1.54, 1.807) is 24.2 Å². The van der Waals surface area contributed by atoms with Gasteiger partial charge in [0.1, 0.15) is 5.75 Å². The first-order valence-electron chi connectivity index (χ1n) is 8.99. The molecule has 2 aromatic heterocycles. The normalized spacial score (nSPS) is 11.9. The number of fused-ring (bicyclic) bond motifs is 1. The maximum atomic E-state index is 12.7. The number of methoxy groups -OCH3 is 1. The van der Waals surface area contributed by atoms with Crippen molar-refractivity contribution < 1.29 is 9.53 Å². The van der Waals surface area contributed by atoms with Crippen LogP contribution in [0.1, 0.15) is 18.4 Å². The molecule has 1 atom stereocenters. The number of carbonyl (C=O) groups is 1. The SMILES string of the molecule is COc1ccc2cc([C@H](C)C(=O)Nc3ccc(-n4cccn4)nc3)ccc2c1. The predicted octanol–water partition coefficient (Wildman–Crippen LogP) is 4.17.